The van der Waals surface area contributed by atoms with Crippen LogP contribution in [0.25, 0.3) is 0 Å². The van der Waals surface area contributed by atoms with Gasteiger partial charge in [-0.15, -0.1) is 0 Å². The average molecular weight is 361 g/mol. The van der Waals surface area contributed by atoms with E-state index in [1.807, 2.05) is 30.3 Å². The highest BCUT2D eigenvalue weighted by Crippen LogP contribution is 2.35. The Hall–Kier alpha value is -1.49. The molecule has 0 spiro atoms. The van der Waals surface area contributed by atoms with Gasteiger partial charge in [0, 0.05) is 24.7 Å². The summed E-state index contributed by atoms with van der Waals surface area (Å²) in [6.07, 6.45) is 8.36. The number of hydrogen-bond acceptors (Lipinski definition) is 3. The van der Waals surface area contributed by atoms with E-state index >= 15 is 0 Å². The van der Waals surface area contributed by atoms with Gasteiger partial charge in [0.15, 0.2) is 0 Å². The van der Waals surface area contributed by atoms with E-state index in [1.54, 1.807) is 11.8 Å². The van der Waals surface area contributed by atoms with Crippen LogP contribution in [0.5, 0.6) is 0 Å². The Morgan fingerprint density at radius 1 is 1.20 bits per heavy atom. The summed E-state index contributed by atoms with van der Waals surface area (Å²) in [6, 6.07) is 9.87. The summed E-state index contributed by atoms with van der Waals surface area (Å²) >= 11 is 1.77. The number of likely N-dealkylation sites (tertiary alicyclic amines) is 1. The smallest absolute Gasteiger partial charge is 0.226 e. The zero-order chi connectivity index (χ0) is 17.6. The molecular weight excluding hydrogens is 332 g/mol. The van der Waals surface area contributed by atoms with Gasteiger partial charge in [-0.3, -0.25) is 9.59 Å². The molecule has 25 heavy (non-hydrogen) atoms. The van der Waals surface area contributed by atoms with Crippen LogP contribution >= 0.6 is 11.8 Å². The number of nitrogens with one attached hydrogen (secondary N) is 1. The summed E-state index contributed by atoms with van der Waals surface area (Å²) in [5.41, 5.74) is 0.795. The second kappa shape index (κ2) is 8.75. The Kier molecular flexibility index (Phi) is 6.40. The van der Waals surface area contributed by atoms with Crippen molar-refractivity contribution in [3.8, 4) is 0 Å². The lowest BCUT2D eigenvalue weighted by atomic mass is 9.93. The van der Waals surface area contributed by atoms with Crippen molar-refractivity contribution in [1.82, 2.24) is 4.90 Å². The number of carbonyl (C=O) groups excluding carboxylic acids is 2. The highest BCUT2D eigenvalue weighted by molar-refractivity contribution is 7.98. The third-order valence-electron chi connectivity index (χ3n) is 5.46. The summed E-state index contributed by atoms with van der Waals surface area (Å²) in [5.74, 6) is 1.21. The highest BCUT2D eigenvalue weighted by Gasteiger charge is 2.43. The van der Waals surface area contributed by atoms with Crippen LogP contribution in [0.1, 0.15) is 38.5 Å². The highest BCUT2D eigenvalue weighted by atomic mass is 32.2. The Morgan fingerprint density at radius 3 is 2.60 bits per heavy atom. The molecule has 1 aromatic carbocycles. The maximum atomic E-state index is 13.0. The summed E-state index contributed by atoms with van der Waals surface area (Å²) in [7, 11) is 0. The molecule has 2 fully saturated rings. The molecule has 1 aliphatic carbocycles. The molecule has 0 unspecified atom stereocenters. The maximum Gasteiger partial charge on any atom is 0.226 e. The van der Waals surface area contributed by atoms with Crippen molar-refractivity contribution < 1.29 is 9.59 Å². The van der Waals surface area contributed by atoms with Crippen LogP contribution in [-0.4, -0.2) is 41.3 Å². The first-order valence-corrected chi connectivity index (χ1v) is 10.7. The number of carbonyl (C=O) groups is 2. The molecule has 4 nitrogen and oxygen atoms in total. The molecule has 2 amide bonds. The van der Waals surface area contributed by atoms with Gasteiger partial charge in [0.05, 0.1) is 5.92 Å². The van der Waals surface area contributed by atoms with Crippen LogP contribution in [0.3, 0.4) is 0 Å². The molecule has 136 valence electrons. The minimum Gasteiger partial charge on any atom is -0.339 e. The second-order valence-electron chi connectivity index (χ2n) is 7.22. The van der Waals surface area contributed by atoms with E-state index in [1.165, 1.54) is 19.3 Å². The van der Waals surface area contributed by atoms with Crippen LogP contribution in [0.2, 0.25) is 0 Å². The lowest BCUT2D eigenvalue weighted by Crippen LogP contribution is -2.39. The summed E-state index contributed by atoms with van der Waals surface area (Å²) in [6.45, 7) is 0.827. The third kappa shape index (κ3) is 4.57. The van der Waals surface area contributed by atoms with Crippen molar-refractivity contribution in [2.24, 2.45) is 11.8 Å². The zero-order valence-electron chi connectivity index (χ0n) is 14.9. The average Bonchev–Trinajstić information content (AvgIpc) is 2.93. The van der Waals surface area contributed by atoms with Gasteiger partial charge in [-0.05, 0) is 42.9 Å². The molecule has 2 aliphatic rings. The molecule has 1 N–H and O–H groups in total. The molecular formula is C20H28N2O2S. The second-order valence-corrected chi connectivity index (χ2v) is 8.13. The predicted molar refractivity (Wildman–Crippen MR) is 104 cm³/mol. The van der Waals surface area contributed by atoms with Crippen molar-refractivity contribution in [2.45, 2.75) is 44.6 Å². The van der Waals surface area contributed by atoms with Crippen molar-refractivity contribution in [2.75, 3.05) is 23.9 Å². The fraction of sp³-hybridized carbons (Fsp3) is 0.600. The largest absolute Gasteiger partial charge is 0.339 e. The molecule has 0 bridgehead atoms. The van der Waals surface area contributed by atoms with Crippen molar-refractivity contribution in [3.05, 3.63) is 30.3 Å². The topological polar surface area (TPSA) is 49.4 Å². The number of nitrogens with zero attached hydrogens (tertiary/aromatic N) is 1. The Bertz CT molecular complexity index is 587. The maximum absolute atomic E-state index is 13.0. The Morgan fingerprint density at radius 2 is 1.92 bits per heavy atom. The first-order valence-electron chi connectivity index (χ1n) is 9.33. The predicted octanol–water partition coefficient (Wildman–Crippen LogP) is 3.79. The van der Waals surface area contributed by atoms with E-state index in [2.05, 4.69) is 16.5 Å². The minimum absolute atomic E-state index is 0.0545. The Labute approximate surface area is 154 Å². The molecule has 3 rings (SSSR count). The molecule has 1 saturated heterocycles. The molecule has 1 saturated carbocycles. The molecule has 1 aromatic rings. The number of anilines is 1. The van der Waals surface area contributed by atoms with Gasteiger partial charge >= 0.3 is 0 Å². The number of amides is 2. The fourth-order valence-electron chi connectivity index (χ4n) is 4.18. The molecule has 2 atom stereocenters. The van der Waals surface area contributed by atoms with Crippen LogP contribution in [0.4, 0.5) is 5.69 Å². The normalized spacial score (nSPS) is 24.5. The van der Waals surface area contributed by atoms with Gasteiger partial charge in [-0.1, -0.05) is 37.5 Å². The molecule has 0 aromatic heterocycles. The lowest BCUT2D eigenvalue weighted by molar-refractivity contribution is -0.135. The van der Waals surface area contributed by atoms with Crippen LogP contribution in [0, 0.1) is 11.8 Å². The number of rotatable bonds is 6. The van der Waals surface area contributed by atoms with Gasteiger partial charge in [-0.25, -0.2) is 0 Å². The first kappa shape index (κ1) is 18.3. The van der Waals surface area contributed by atoms with E-state index in [-0.39, 0.29) is 23.7 Å². The fourth-order valence-corrected chi connectivity index (χ4v) is 4.94. The zero-order valence-corrected chi connectivity index (χ0v) is 15.8. The van der Waals surface area contributed by atoms with E-state index in [0.29, 0.717) is 12.5 Å². The van der Waals surface area contributed by atoms with Gasteiger partial charge in [0.2, 0.25) is 11.8 Å². The monoisotopic (exact) mass is 360 g/mol. The third-order valence-corrected chi connectivity index (χ3v) is 6.22. The van der Waals surface area contributed by atoms with Crippen molar-refractivity contribution in [1.29, 1.82) is 0 Å². The number of para-hydroxylation sites is 1. The summed E-state index contributed by atoms with van der Waals surface area (Å²) < 4.78 is 0. The summed E-state index contributed by atoms with van der Waals surface area (Å²) in [5, 5.41) is 2.93. The Balaban J connectivity index is 1.64. The number of thioether (sulfide) groups is 1. The van der Waals surface area contributed by atoms with Crippen LogP contribution in [0.15, 0.2) is 30.3 Å². The molecule has 5 heteroatoms. The van der Waals surface area contributed by atoms with Crippen LogP contribution < -0.4 is 5.32 Å². The molecule has 0 radical (unpaired) electrons. The van der Waals surface area contributed by atoms with Crippen LogP contribution in [-0.2, 0) is 9.59 Å². The first-order chi connectivity index (χ1) is 12.2. The van der Waals surface area contributed by atoms with Gasteiger partial charge in [0.25, 0.3) is 0 Å². The number of benzene rings is 1. The standard InChI is InChI=1S/C20H28N2O2S/c1-25-14-15-13-22(17-10-6-3-7-11-17)20(24)18(15)12-19(23)21-16-8-4-2-5-9-16/h2,4-5,8-9,15,17-18H,3,6-7,10-14H2,1H3,(H,21,23)/t15-,18-/m1/s1. The van der Waals surface area contributed by atoms with E-state index in [9.17, 15) is 9.59 Å². The minimum atomic E-state index is -0.168. The quantitative estimate of drug-likeness (QED) is 0.840. The van der Waals surface area contributed by atoms with Gasteiger partial charge < -0.3 is 10.2 Å². The van der Waals surface area contributed by atoms with Crippen molar-refractivity contribution >= 4 is 29.3 Å². The van der Waals surface area contributed by atoms with E-state index in [0.717, 1.165) is 30.8 Å². The van der Waals surface area contributed by atoms with Crippen molar-refractivity contribution in [3.63, 3.8) is 0 Å². The van der Waals surface area contributed by atoms with Gasteiger partial charge in [-0.2, -0.15) is 11.8 Å². The SMILES string of the molecule is CSC[C@H]1CN(C2CCCCC2)C(=O)[C@@H]1CC(=O)Nc1ccccc1. The van der Waals surface area contributed by atoms with E-state index < -0.39 is 0 Å². The van der Waals surface area contributed by atoms with Gasteiger partial charge in [0.1, 0.15) is 0 Å². The van der Waals surface area contributed by atoms with E-state index in [4.69, 9.17) is 0 Å². The molecule has 1 heterocycles. The number of hydrogen-bond donors (Lipinski definition) is 1. The summed E-state index contributed by atoms with van der Waals surface area (Å²) in [4.78, 5) is 27.6. The molecule has 1 aliphatic heterocycles. The lowest BCUT2D eigenvalue weighted by Gasteiger charge is -2.31.